The van der Waals surface area contributed by atoms with E-state index in [4.69, 9.17) is 9.47 Å². The van der Waals surface area contributed by atoms with Gasteiger partial charge in [-0.2, -0.15) is 0 Å². The second-order valence-corrected chi connectivity index (χ2v) is 8.82. The van der Waals surface area contributed by atoms with Crippen LogP contribution < -0.4 is 19.7 Å². The summed E-state index contributed by atoms with van der Waals surface area (Å²) in [5.41, 5.74) is 2.09. The third-order valence-electron chi connectivity index (χ3n) is 5.56. The number of carbonyl (C=O) groups excluding carboxylic acids is 2. The summed E-state index contributed by atoms with van der Waals surface area (Å²) < 4.78 is 24.8. The average molecular weight is 453 g/mol. The average Bonchev–Trinajstić information content (AvgIpc) is 3.47. The van der Waals surface area contributed by atoms with Crippen LogP contribution >= 0.6 is 11.3 Å². The molecule has 1 saturated heterocycles. The summed E-state index contributed by atoms with van der Waals surface area (Å²) in [6.45, 7) is 2.26. The summed E-state index contributed by atoms with van der Waals surface area (Å²) in [4.78, 5) is 32.0. The summed E-state index contributed by atoms with van der Waals surface area (Å²) >= 11 is 1.40. The van der Waals surface area contributed by atoms with Crippen molar-refractivity contribution >= 4 is 34.0 Å². The number of nitrogens with zero attached hydrogens (tertiary/aromatic N) is 2. The molecule has 3 heterocycles. The number of aromatic nitrogens is 1. The number of halogens is 1. The van der Waals surface area contributed by atoms with Crippen LogP contribution in [0, 0.1) is 18.7 Å². The molecule has 164 valence electrons. The lowest BCUT2D eigenvalue weighted by Crippen LogP contribution is -2.28. The number of thiazole rings is 1. The van der Waals surface area contributed by atoms with E-state index >= 15 is 0 Å². The van der Waals surface area contributed by atoms with Crippen LogP contribution in [0.25, 0.3) is 0 Å². The van der Waals surface area contributed by atoms with Gasteiger partial charge in [0.2, 0.25) is 18.6 Å². The first-order valence-electron chi connectivity index (χ1n) is 10.2. The monoisotopic (exact) mass is 453 g/mol. The molecule has 1 atom stereocenters. The van der Waals surface area contributed by atoms with Crippen LogP contribution in [-0.2, 0) is 16.0 Å². The number of ether oxygens (including phenoxy) is 2. The molecule has 2 aliphatic heterocycles. The van der Waals surface area contributed by atoms with Gasteiger partial charge in [0.1, 0.15) is 5.82 Å². The summed E-state index contributed by atoms with van der Waals surface area (Å²) in [6, 6.07) is 11.9. The molecule has 1 N–H and O–H groups in total. The Labute approximate surface area is 187 Å². The second kappa shape index (κ2) is 8.23. The first-order valence-corrected chi connectivity index (χ1v) is 11.0. The largest absolute Gasteiger partial charge is 0.454 e. The van der Waals surface area contributed by atoms with Crippen molar-refractivity contribution in [1.29, 1.82) is 0 Å². The number of para-hydroxylation sites is 1. The fraction of sp³-hybridized carbons (Fsp3) is 0.261. The highest BCUT2D eigenvalue weighted by Gasteiger charge is 2.36. The molecule has 0 radical (unpaired) electrons. The van der Waals surface area contributed by atoms with Crippen LogP contribution in [0.2, 0.25) is 0 Å². The number of rotatable bonds is 5. The van der Waals surface area contributed by atoms with Crippen molar-refractivity contribution in [2.75, 3.05) is 23.6 Å². The van der Waals surface area contributed by atoms with Crippen LogP contribution in [0.5, 0.6) is 11.5 Å². The van der Waals surface area contributed by atoms with E-state index in [0.717, 1.165) is 27.6 Å². The minimum absolute atomic E-state index is 0.0363. The lowest BCUT2D eigenvalue weighted by Gasteiger charge is -2.17. The SMILES string of the molecule is Cc1nc(NC(=O)C2CC(=O)N(c3ccccc3F)C2)sc1Cc1ccc2c(c1)OCO2. The fourth-order valence-corrected chi connectivity index (χ4v) is 4.88. The molecule has 32 heavy (non-hydrogen) atoms. The maximum Gasteiger partial charge on any atom is 0.231 e. The maximum absolute atomic E-state index is 14.1. The van der Waals surface area contributed by atoms with Gasteiger partial charge in [0.25, 0.3) is 0 Å². The molecular formula is C23H20FN3O4S. The Morgan fingerprint density at radius 2 is 2.06 bits per heavy atom. The Bertz CT molecular complexity index is 1210. The second-order valence-electron chi connectivity index (χ2n) is 7.74. The van der Waals surface area contributed by atoms with E-state index in [-0.39, 0.29) is 37.3 Å². The molecule has 0 aliphatic carbocycles. The van der Waals surface area contributed by atoms with Gasteiger partial charge in [-0.1, -0.05) is 18.2 Å². The van der Waals surface area contributed by atoms with Gasteiger partial charge in [0.15, 0.2) is 16.6 Å². The van der Waals surface area contributed by atoms with E-state index in [0.29, 0.717) is 11.6 Å². The number of benzene rings is 2. The molecule has 7 nitrogen and oxygen atoms in total. The van der Waals surface area contributed by atoms with Gasteiger partial charge in [0, 0.05) is 24.3 Å². The summed E-state index contributed by atoms with van der Waals surface area (Å²) in [6.07, 6.45) is 0.688. The molecule has 0 spiro atoms. The van der Waals surface area contributed by atoms with Crippen molar-refractivity contribution in [3.8, 4) is 11.5 Å². The summed E-state index contributed by atoms with van der Waals surface area (Å²) in [5.74, 6) is -0.148. The summed E-state index contributed by atoms with van der Waals surface area (Å²) in [5, 5.41) is 3.32. The lowest BCUT2D eigenvalue weighted by molar-refractivity contribution is -0.122. The van der Waals surface area contributed by atoms with Gasteiger partial charge in [0.05, 0.1) is 17.3 Å². The molecule has 2 aromatic carbocycles. The van der Waals surface area contributed by atoms with E-state index in [1.165, 1.54) is 22.3 Å². The first-order chi connectivity index (χ1) is 15.5. The standard InChI is InChI=1S/C23H20FN3O4S/c1-13-20(9-14-6-7-18-19(8-14)31-12-30-18)32-23(25-13)26-22(29)15-10-21(28)27(11-15)17-5-3-2-4-16(17)24/h2-8,15H,9-12H2,1H3,(H,25,26,29). The lowest BCUT2D eigenvalue weighted by atomic mass is 10.1. The highest BCUT2D eigenvalue weighted by atomic mass is 32.1. The van der Waals surface area contributed by atoms with Crippen molar-refractivity contribution in [3.05, 3.63) is 64.4 Å². The molecule has 1 unspecified atom stereocenters. The number of nitrogens with one attached hydrogen (secondary N) is 1. The van der Waals surface area contributed by atoms with Gasteiger partial charge in [-0.3, -0.25) is 9.59 Å². The van der Waals surface area contributed by atoms with Crippen molar-refractivity contribution < 1.29 is 23.5 Å². The van der Waals surface area contributed by atoms with E-state index in [9.17, 15) is 14.0 Å². The zero-order valence-corrected chi connectivity index (χ0v) is 18.1. The molecule has 0 saturated carbocycles. The molecule has 9 heteroatoms. The number of carbonyl (C=O) groups is 2. The Morgan fingerprint density at radius 1 is 1.25 bits per heavy atom. The topological polar surface area (TPSA) is 80.8 Å². The van der Waals surface area contributed by atoms with E-state index in [2.05, 4.69) is 10.3 Å². The number of amides is 2. The van der Waals surface area contributed by atoms with Crippen molar-refractivity contribution in [1.82, 2.24) is 4.98 Å². The Morgan fingerprint density at radius 3 is 2.91 bits per heavy atom. The third-order valence-corrected chi connectivity index (χ3v) is 6.64. The molecular weight excluding hydrogens is 433 g/mol. The van der Waals surface area contributed by atoms with Crippen LogP contribution in [-0.4, -0.2) is 30.1 Å². The van der Waals surface area contributed by atoms with Gasteiger partial charge < -0.3 is 19.7 Å². The zero-order valence-electron chi connectivity index (χ0n) is 17.3. The van der Waals surface area contributed by atoms with E-state index in [1.54, 1.807) is 18.2 Å². The molecule has 2 amide bonds. The van der Waals surface area contributed by atoms with Crippen LogP contribution in [0.3, 0.4) is 0 Å². The van der Waals surface area contributed by atoms with Crippen molar-refractivity contribution in [2.45, 2.75) is 19.8 Å². The minimum atomic E-state index is -0.566. The first kappa shape index (κ1) is 20.4. The van der Waals surface area contributed by atoms with Crippen molar-refractivity contribution in [2.24, 2.45) is 5.92 Å². The van der Waals surface area contributed by atoms with Crippen LogP contribution in [0.1, 0.15) is 22.6 Å². The van der Waals surface area contributed by atoms with Gasteiger partial charge in [-0.15, -0.1) is 11.3 Å². The minimum Gasteiger partial charge on any atom is -0.454 e. The predicted molar refractivity (Wildman–Crippen MR) is 118 cm³/mol. The van der Waals surface area contributed by atoms with Crippen LogP contribution in [0.4, 0.5) is 15.2 Å². The van der Waals surface area contributed by atoms with Crippen molar-refractivity contribution in [3.63, 3.8) is 0 Å². The Hall–Kier alpha value is -3.46. The summed E-state index contributed by atoms with van der Waals surface area (Å²) in [7, 11) is 0. The fourth-order valence-electron chi connectivity index (χ4n) is 3.88. The number of hydrogen-bond acceptors (Lipinski definition) is 6. The van der Waals surface area contributed by atoms with Gasteiger partial charge in [-0.25, -0.2) is 9.37 Å². The third kappa shape index (κ3) is 3.91. The molecule has 2 aliphatic rings. The highest BCUT2D eigenvalue weighted by molar-refractivity contribution is 7.15. The Balaban J connectivity index is 1.25. The zero-order chi connectivity index (χ0) is 22.2. The number of fused-ring (bicyclic) bond motifs is 1. The van der Waals surface area contributed by atoms with Gasteiger partial charge in [-0.05, 0) is 36.8 Å². The van der Waals surface area contributed by atoms with Crippen LogP contribution in [0.15, 0.2) is 42.5 Å². The van der Waals surface area contributed by atoms with Gasteiger partial charge >= 0.3 is 0 Å². The normalized spacial score (nSPS) is 17.1. The smallest absolute Gasteiger partial charge is 0.231 e. The molecule has 1 fully saturated rings. The van der Waals surface area contributed by atoms with E-state index < -0.39 is 11.7 Å². The highest BCUT2D eigenvalue weighted by Crippen LogP contribution is 2.34. The van der Waals surface area contributed by atoms with E-state index in [1.807, 2.05) is 25.1 Å². The number of hydrogen-bond donors (Lipinski definition) is 1. The number of anilines is 2. The quantitative estimate of drug-likeness (QED) is 0.634. The molecule has 5 rings (SSSR count). The molecule has 0 bridgehead atoms. The number of aryl methyl sites for hydroxylation is 1. The molecule has 1 aromatic heterocycles. The predicted octanol–water partition coefficient (Wildman–Crippen LogP) is 3.90. The Kier molecular flexibility index (Phi) is 5.26. The molecule has 3 aromatic rings. The maximum atomic E-state index is 14.1.